The molecule has 186 valence electrons. The van der Waals surface area contributed by atoms with Crippen LogP contribution in [0.2, 0.25) is 0 Å². The summed E-state index contributed by atoms with van der Waals surface area (Å²) in [5.41, 5.74) is 1.95. The van der Waals surface area contributed by atoms with Crippen molar-refractivity contribution in [1.29, 1.82) is 0 Å². The smallest absolute Gasteiger partial charge is 0.302 e. The van der Waals surface area contributed by atoms with Crippen molar-refractivity contribution in [3.8, 4) is 0 Å². The highest BCUT2D eigenvalue weighted by molar-refractivity contribution is 5.65. The second kappa shape index (κ2) is 9.10. The summed E-state index contributed by atoms with van der Waals surface area (Å²) in [6.07, 6.45) is 8.82. The van der Waals surface area contributed by atoms with E-state index < -0.39 is 30.6 Å². The molecule has 0 aromatic rings. The SMILES string of the molecule is C=C[C@@]1(C)CC[C@@]2(C)[C@@H](CC=C3[C@@H]2CCC[C@]3(C)CO[C@@H]2O[C@@H](COC(C)=O)[C@@H](O)[C@H]2O)C1. The first-order valence-electron chi connectivity index (χ1n) is 12.6. The van der Waals surface area contributed by atoms with Gasteiger partial charge in [0.2, 0.25) is 0 Å². The van der Waals surface area contributed by atoms with Crippen LogP contribution in [-0.2, 0) is 19.0 Å². The second-order valence-corrected chi connectivity index (χ2v) is 11.8. The van der Waals surface area contributed by atoms with E-state index in [0.717, 1.165) is 19.3 Å². The maximum atomic E-state index is 11.1. The second-order valence-electron chi connectivity index (χ2n) is 11.8. The van der Waals surface area contributed by atoms with Gasteiger partial charge < -0.3 is 24.4 Å². The van der Waals surface area contributed by atoms with Crippen LogP contribution < -0.4 is 0 Å². The Labute approximate surface area is 198 Å². The Morgan fingerprint density at radius 2 is 2.00 bits per heavy atom. The standard InChI is InChI=1S/C27H42O6/c1-6-25(3)12-13-27(5)18(14-25)9-10-19-20(27)8-7-11-26(19,4)16-32-24-23(30)22(29)21(33-24)15-31-17(2)28/h6,10,18,20-24,29-30H,1,7-9,11-16H2,2-5H3/t18-,20-,21-,22+,23+,24+,25-,26+,27-/m0/s1. The Bertz CT molecular complexity index is 793. The van der Waals surface area contributed by atoms with E-state index in [0.29, 0.717) is 23.9 Å². The van der Waals surface area contributed by atoms with E-state index in [-0.39, 0.29) is 17.4 Å². The van der Waals surface area contributed by atoms with Crippen molar-refractivity contribution in [2.75, 3.05) is 13.2 Å². The summed E-state index contributed by atoms with van der Waals surface area (Å²) in [4.78, 5) is 11.1. The monoisotopic (exact) mass is 462 g/mol. The average molecular weight is 463 g/mol. The number of rotatable bonds is 6. The molecule has 1 aliphatic heterocycles. The van der Waals surface area contributed by atoms with Gasteiger partial charge in [-0.3, -0.25) is 4.79 Å². The molecule has 0 unspecified atom stereocenters. The van der Waals surface area contributed by atoms with Gasteiger partial charge >= 0.3 is 5.97 Å². The molecule has 3 aliphatic carbocycles. The molecule has 4 rings (SSSR count). The summed E-state index contributed by atoms with van der Waals surface area (Å²) in [5.74, 6) is 0.797. The third-order valence-corrected chi connectivity index (χ3v) is 9.42. The van der Waals surface area contributed by atoms with Crippen molar-refractivity contribution in [1.82, 2.24) is 0 Å². The maximum absolute atomic E-state index is 11.1. The molecule has 9 atom stereocenters. The number of aliphatic hydroxyl groups is 2. The van der Waals surface area contributed by atoms with Crippen LogP contribution in [0.3, 0.4) is 0 Å². The van der Waals surface area contributed by atoms with Crippen LogP contribution in [0.15, 0.2) is 24.3 Å². The van der Waals surface area contributed by atoms with Crippen molar-refractivity contribution < 1.29 is 29.2 Å². The van der Waals surface area contributed by atoms with Gasteiger partial charge in [0.05, 0.1) is 6.61 Å². The minimum absolute atomic E-state index is 0.0959. The molecular formula is C27H42O6. The molecule has 4 aliphatic rings. The van der Waals surface area contributed by atoms with Gasteiger partial charge in [-0.1, -0.05) is 44.9 Å². The molecule has 2 N–H and O–H groups in total. The lowest BCUT2D eigenvalue weighted by atomic mass is 9.47. The number of carbonyl (C=O) groups excluding carboxylic acids is 1. The summed E-state index contributed by atoms with van der Waals surface area (Å²) in [7, 11) is 0. The normalized spacial score (nSPS) is 47.3. The first-order chi connectivity index (χ1) is 15.5. The molecule has 3 fully saturated rings. The van der Waals surface area contributed by atoms with Gasteiger partial charge in [0, 0.05) is 12.3 Å². The van der Waals surface area contributed by atoms with E-state index in [9.17, 15) is 15.0 Å². The van der Waals surface area contributed by atoms with E-state index >= 15 is 0 Å². The average Bonchev–Trinajstić information content (AvgIpc) is 3.05. The predicted octanol–water partition coefficient (Wildman–Crippen LogP) is 4.15. The van der Waals surface area contributed by atoms with Crippen molar-refractivity contribution in [3.63, 3.8) is 0 Å². The number of fused-ring (bicyclic) bond motifs is 3. The molecule has 2 saturated carbocycles. The Kier molecular flexibility index (Phi) is 6.87. The summed E-state index contributed by atoms with van der Waals surface area (Å²) in [6.45, 7) is 12.9. The van der Waals surface area contributed by atoms with Gasteiger partial charge in [-0.05, 0) is 61.2 Å². The van der Waals surface area contributed by atoms with Crippen LogP contribution in [0.1, 0.15) is 72.6 Å². The molecule has 1 saturated heterocycles. The van der Waals surface area contributed by atoms with Crippen LogP contribution in [0, 0.1) is 28.1 Å². The lowest BCUT2D eigenvalue weighted by Crippen LogP contribution is -2.50. The first-order valence-corrected chi connectivity index (χ1v) is 12.6. The Balaban J connectivity index is 1.45. The number of aliphatic hydroxyl groups excluding tert-OH is 2. The lowest BCUT2D eigenvalue weighted by molar-refractivity contribution is -0.187. The Morgan fingerprint density at radius 3 is 2.70 bits per heavy atom. The van der Waals surface area contributed by atoms with Gasteiger partial charge in [0.15, 0.2) is 6.29 Å². The number of ether oxygens (including phenoxy) is 3. The van der Waals surface area contributed by atoms with Crippen LogP contribution in [0.5, 0.6) is 0 Å². The van der Waals surface area contributed by atoms with Gasteiger partial charge in [0.1, 0.15) is 24.9 Å². The summed E-state index contributed by atoms with van der Waals surface area (Å²) >= 11 is 0. The molecule has 0 amide bonds. The van der Waals surface area contributed by atoms with E-state index in [2.05, 4.69) is 39.5 Å². The largest absolute Gasteiger partial charge is 0.463 e. The predicted molar refractivity (Wildman–Crippen MR) is 125 cm³/mol. The third kappa shape index (κ3) is 4.56. The number of esters is 1. The Hall–Kier alpha value is -1.21. The molecule has 0 bridgehead atoms. The molecule has 1 heterocycles. The molecule has 6 heteroatoms. The highest BCUT2D eigenvalue weighted by Gasteiger charge is 2.54. The van der Waals surface area contributed by atoms with Crippen molar-refractivity contribution >= 4 is 5.97 Å². The molecule has 0 radical (unpaired) electrons. The number of hydrogen-bond acceptors (Lipinski definition) is 6. The number of carbonyl (C=O) groups is 1. The molecular weight excluding hydrogens is 420 g/mol. The molecule has 6 nitrogen and oxygen atoms in total. The molecule has 0 spiro atoms. The van der Waals surface area contributed by atoms with E-state index in [1.165, 1.54) is 38.2 Å². The fourth-order valence-electron chi connectivity index (χ4n) is 7.02. The zero-order valence-corrected chi connectivity index (χ0v) is 20.7. The summed E-state index contributed by atoms with van der Waals surface area (Å²) in [6, 6.07) is 0. The topological polar surface area (TPSA) is 85.2 Å². The fraction of sp³-hybridized carbons (Fsp3) is 0.815. The highest BCUT2D eigenvalue weighted by Crippen LogP contribution is 2.63. The Morgan fingerprint density at radius 1 is 1.24 bits per heavy atom. The van der Waals surface area contributed by atoms with Gasteiger partial charge in [-0.2, -0.15) is 0 Å². The van der Waals surface area contributed by atoms with Crippen molar-refractivity contribution in [2.45, 2.75) is 97.2 Å². The fourth-order valence-corrected chi connectivity index (χ4v) is 7.02. The van der Waals surface area contributed by atoms with Gasteiger partial charge in [0.25, 0.3) is 0 Å². The number of allylic oxidation sites excluding steroid dienone is 2. The van der Waals surface area contributed by atoms with E-state index in [4.69, 9.17) is 14.2 Å². The maximum Gasteiger partial charge on any atom is 0.302 e. The first kappa shape index (κ1) is 24.9. The van der Waals surface area contributed by atoms with Gasteiger partial charge in [-0.15, -0.1) is 6.58 Å². The lowest BCUT2D eigenvalue weighted by Gasteiger charge is -2.58. The highest BCUT2D eigenvalue weighted by atomic mass is 16.7. The van der Waals surface area contributed by atoms with Gasteiger partial charge in [-0.25, -0.2) is 0 Å². The molecule has 0 aromatic heterocycles. The number of hydrogen-bond donors (Lipinski definition) is 2. The zero-order valence-electron chi connectivity index (χ0n) is 20.7. The van der Waals surface area contributed by atoms with Crippen molar-refractivity contribution in [3.05, 3.63) is 24.3 Å². The summed E-state index contributed by atoms with van der Waals surface area (Å²) in [5, 5.41) is 20.7. The minimum atomic E-state index is -1.16. The van der Waals surface area contributed by atoms with E-state index in [1.54, 1.807) is 0 Å². The minimum Gasteiger partial charge on any atom is -0.463 e. The zero-order chi connectivity index (χ0) is 24.0. The van der Waals surface area contributed by atoms with Crippen molar-refractivity contribution in [2.24, 2.45) is 28.1 Å². The van der Waals surface area contributed by atoms with Crippen LogP contribution in [0.25, 0.3) is 0 Å². The molecule has 0 aromatic carbocycles. The van der Waals surface area contributed by atoms with E-state index in [1.807, 2.05) is 0 Å². The third-order valence-electron chi connectivity index (χ3n) is 9.42. The quantitative estimate of drug-likeness (QED) is 0.456. The van der Waals surface area contributed by atoms with Crippen LogP contribution in [0.4, 0.5) is 0 Å². The van der Waals surface area contributed by atoms with Crippen LogP contribution >= 0.6 is 0 Å². The molecule has 33 heavy (non-hydrogen) atoms. The van der Waals surface area contributed by atoms with Crippen LogP contribution in [-0.4, -0.2) is 54.0 Å². The summed E-state index contributed by atoms with van der Waals surface area (Å²) < 4.78 is 16.8.